The van der Waals surface area contributed by atoms with E-state index in [1.54, 1.807) is 0 Å². The van der Waals surface area contributed by atoms with Crippen LogP contribution in [0.2, 0.25) is 0 Å². The molecular formula is C14H22N2O. The first-order valence-electron chi connectivity index (χ1n) is 6.46. The molecule has 1 aromatic rings. The van der Waals surface area contributed by atoms with E-state index in [1.165, 1.54) is 18.7 Å². The van der Waals surface area contributed by atoms with Crippen molar-refractivity contribution in [2.75, 3.05) is 38.2 Å². The molecule has 1 aliphatic heterocycles. The van der Waals surface area contributed by atoms with Gasteiger partial charge in [0.2, 0.25) is 0 Å². The molecule has 17 heavy (non-hydrogen) atoms. The summed E-state index contributed by atoms with van der Waals surface area (Å²) in [5, 5.41) is 3.26. The van der Waals surface area contributed by atoms with Crippen molar-refractivity contribution in [1.29, 1.82) is 0 Å². The van der Waals surface area contributed by atoms with Crippen molar-refractivity contribution in [3.05, 3.63) is 24.3 Å². The zero-order valence-corrected chi connectivity index (χ0v) is 10.8. The van der Waals surface area contributed by atoms with Gasteiger partial charge in [-0.15, -0.1) is 0 Å². The van der Waals surface area contributed by atoms with Gasteiger partial charge in [0.25, 0.3) is 0 Å². The summed E-state index contributed by atoms with van der Waals surface area (Å²) in [5.74, 6) is 1.74. The fourth-order valence-electron chi connectivity index (χ4n) is 2.44. The number of hydrogen-bond donors (Lipinski definition) is 1. The molecule has 0 aromatic heterocycles. The van der Waals surface area contributed by atoms with Gasteiger partial charge in [0, 0.05) is 18.8 Å². The van der Waals surface area contributed by atoms with Gasteiger partial charge in [-0.1, -0.05) is 0 Å². The monoisotopic (exact) mass is 234 g/mol. The molecule has 1 N–H and O–H groups in total. The van der Waals surface area contributed by atoms with Gasteiger partial charge in [-0.2, -0.15) is 0 Å². The van der Waals surface area contributed by atoms with Crippen LogP contribution >= 0.6 is 0 Å². The second kappa shape index (κ2) is 5.92. The standard InChI is InChI=1S/C14H22N2O/c1-3-17-14-6-4-13(5-7-14)16-9-8-12(11-16)10-15-2/h4-7,12,15H,3,8-11H2,1-2H3. The average Bonchev–Trinajstić information content (AvgIpc) is 2.80. The van der Waals surface area contributed by atoms with Gasteiger partial charge >= 0.3 is 0 Å². The number of hydrogen-bond acceptors (Lipinski definition) is 3. The third-order valence-electron chi connectivity index (χ3n) is 3.29. The van der Waals surface area contributed by atoms with Crippen molar-refractivity contribution in [2.24, 2.45) is 5.92 Å². The van der Waals surface area contributed by atoms with E-state index in [2.05, 4.69) is 34.5 Å². The number of nitrogens with zero attached hydrogens (tertiary/aromatic N) is 1. The molecule has 3 nitrogen and oxygen atoms in total. The van der Waals surface area contributed by atoms with E-state index in [0.717, 1.165) is 31.4 Å². The highest BCUT2D eigenvalue weighted by atomic mass is 16.5. The quantitative estimate of drug-likeness (QED) is 0.844. The number of rotatable bonds is 5. The van der Waals surface area contributed by atoms with Gasteiger partial charge in [-0.25, -0.2) is 0 Å². The van der Waals surface area contributed by atoms with Crippen LogP contribution in [0.1, 0.15) is 13.3 Å². The minimum atomic E-state index is 0.729. The summed E-state index contributed by atoms with van der Waals surface area (Å²) in [4.78, 5) is 2.46. The van der Waals surface area contributed by atoms with Crippen molar-refractivity contribution in [3.63, 3.8) is 0 Å². The molecular weight excluding hydrogens is 212 g/mol. The minimum Gasteiger partial charge on any atom is -0.494 e. The Labute approximate surface area is 104 Å². The highest BCUT2D eigenvalue weighted by Gasteiger charge is 2.21. The molecule has 0 amide bonds. The lowest BCUT2D eigenvalue weighted by molar-refractivity contribution is 0.340. The third-order valence-corrected chi connectivity index (χ3v) is 3.29. The topological polar surface area (TPSA) is 24.5 Å². The highest BCUT2D eigenvalue weighted by Crippen LogP contribution is 2.25. The van der Waals surface area contributed by atoms with Crippen LogP contribution in [-0.4, -0.2) is 33.3 Å². The first kappa shape index (κ1) is 12.2. The normalized spacial score (nSPS) is 19.6. The Morgan fingerprint density at radius 3 is 2.76 bits per heavy atom. The Hall–Kier alpha value is -1.22. The summed E-state index contributed by atoms with van der Waals surface area (Å²) in [6.07, 6.45) is 1.29. The van der Waals surface area contributed by atoms with E-state index in [0.29, 0.717) is 0 Å². The molecule has 1 unspecified atom stereocenters. The molecule has 0 bridgehead atoms. The Kier molecular flexibility index (Phi) is 4.26. The fraction of sp³-hybridized carbons (Fsp3) is 0.571. The lowest BCUT2D eigenvalue weighted by Crippen LogP contribution is -2.24. The maximum Gasteiger partial charge on any atom is 0.119 e. The Morgan fingerprint density at radius 1 is 1.35 bits per heavy atom. The molecule has 0 saturated carbocycles. The van der Waals surface area contributed by atoms with Crippen molar-refractivity contribution in [2.45, 2.75) is 13.3 Å². The predicted molar refractivity (Wildman–Crippen MR) is 71.9 cm³/mol. The van der Waals surface area contributed by atoms with Crippen molar-refractivity contribution < 1.29 is 4.74 Å². The summed E-state index contributed by atoms with van der Waals surface area (Å²) in [5.41, 5.74) is 1.31. The van der Waals surface area contributed by atoms with Gasteiger partial charge in [0.05, 0.1) is 6.61 Å². The van der Waals surface area contributed by atoms with Gasteiger partial charge in [0.15, 0.2) is 0 Å². The summed E-state index contributed by atoms with van der Waals surface area (Å²) >= 11 is 0. The van der Waals surface area contributed by atoms with Crippen LogP contribution in [0, 0.1) is 5.92 Å². The van der Waals surface area contributed by atoms with Crippen LogP contribution in [0.15, 0.2) is 24.3 Å². The van der Waals surface area contributed by atoms with E-state index >= 15 is 0 Å². The summed E-state index contributed by atoms with van der Waals surface area (Å²) in [7, 11) is 2.03. The predicted octanol–water partition coefficient (Wildman–Crippen LogP) is 2.13. The summed E-state index contributed by atoms with van der Waals surface area (Å²) < 4.78 is 5.45. The molecule has 1 heterocycles. The SMILES string of the molecule is CCOc1ccc(N2CCC(CNC)C2)cc1. The number of nitrogens with one attached hydrogen (secondary N) is 1. The lowest BCUT2D eigenvalue weighted by Gasteiger charge is -2.19. The van der Waals surface area contributed by atoms with E-state index in [1.807, 2.05) is 14.0 Å². The van der Waals surface area contributed by atoms with Gasteiger partial charge in [0.1, 0.15) is 5.75 Å². The second-order valence-corrected chi connectivity index (χ2v) is 4.59. The zero-order chi connectivity index (χ0) is 12.1. The zero-order valence-electron chi connectivity index (χ0n) is 10.8. The molecule has 94 valence electrons. The van der Waals surface area contributed by atoms with E-state index in [4.69, 9.17) is 4.74 Å². The maximum absolute atomic E-state index is 5.45. The number of ether oxygens (including phenoxy) is 1. The van der Waals surface area contributed by atoms with E-state index in [9.17, 15) is 0 Å². The lowest BCUT2D eigenvalue weighted by atomic mass is 10.1. The molecule has 1 fully saturated rings. The molecule has 1 atom stereocenters. The molecule has 0 radical (unpaired) electrons. The maximum atomic E-state index is 5.45. The van der Waals surface area contributed by atoms with Crippen molar-refractivity contribution in [3.8, 4) is 5.75 Å². The molecule has 1 saturated heterocycles. The highest BCUT2D eigenvalue weighted by molar-refractivity contribution is 5.49. The third kappa shape index (κ3) is 3.13. The Morgan fingerprint density at radius 2 is 2.12 bits per heavy atom. The van der Waals surface area contributed by atoms with Crippen LogP contribution in [0.25, 0.3) is 0 Å². The van der Waals surface area contributed by atoms with Gasteiger partial charge in [-0.3, -0.25) is 0 Å². The van der Waals surface area contributed by atoms with Crippen LogP contribution in [0.4, 0.5) is 5.69 Å². The molecule has 1 aliphatic rings. The average molecular weight is 234 g/mol. The van der Waals surface area contributed by atoms with Crippen LogP contribution < -0.4 is 15.0 Å². The first-order valence-corrected chi connectivity index (χ1v) is 6.46. The van der Waals surface area contributed by atoms with Gasteiger partial charge < -0.3 is 15.0 Å². The number of benzene rings is 1. The van der Waals surface area contributed by atoms with Crippen LogP contribution in [0.5, 0.6) is 5.75 Å². The second-order valence-electron chi connectivity index (χ2n) is 4.59. The Bertz CT molecular complexity index is 337. The first-order chi connectivity index (χ1) is 8.33. The minimum absolute atomic E-state index is 0.729. The number of anilines is 1. The molecule has 0 aliphatic carbocycles. The van der Waals surface area contributed by atoms with E-state index in [-0.39, 0.29) is 0 Å². The van der Waals surface area contributed by atoms with Crippen LogP contribution in [-0.2, 0) is 0 Å². The smallest absolute Gasteiger partial charge is 0.119 e. The Balaban J connectivity index is 1.94. The fourth-order valence-corrected chi connectivity index (χ4v) is 2.44. The summed E-state index contributed by atoms with van der Waals surface area (Å²) in [6.45, 7) is 6.19. The largest absolute Gasteiger partial charge is 0.494 e. The molecule has 0 spiro atoms. The molecule has 3 heteroatoms. The van der Waals surface area contributed by atoms with Gasteiger partial charge in [-0.05, 0) is 57.1 Å². The van der Waals surface area contributed by atoms with Crippen molar-refractivity contribution in [1.82, 2.24) is 5.32 Å². The molecule has 1 aromatic carbocycles. The van der Waals surface area contributed by atoms with Crippen LogP contribution in [0.3, 0.4) is 0 Å². The van der Waals surface area contributed by atoms with E-state index < -0.39 is 0 Å². The summed E-state index contributed by atoms with van der Waals surface area (Å²) in [6, 6.07) is 8.44. The van der Waals surface area contributed by atoms with Crippen molar-refractivity contribution >= 4 is 5.69 Å². The molecule has 2 rings (SSSR count).